The number of carboxylic acid groups (broad SMARTS) is 1. The van der Waals surface area contributed by atoms with Crippen LogP contribution in [-0.4, -0.2) is 34.0 Å². The number of aliphatic carboxylic acids is 1. The Morgan fingerprint density at radius 2 is 1.91 bits per heavy atom. The van der Waals surface area contributed by atoms with Crippen LogP contribution in [0.15, 0.2) is 36.4 Å². The van der Waals surface area contributed by atoms with Crippen molar-refractivity contribution in [2.24, 2.45) is 11.8 Å². The molecule has 3 aromatic rings. The number of hydrogen-bond donors (Lipinski definition) is 2. The van der Waals surface area contributed by atoms with E-state index in [1.807, 2.05) is 24.3 Å². The minimum Gasteiger partial charge on any atom is -0.508 e. The molecule has 6 heteroatoms. The van der Waals surface area contributed by atoms with Crippen LogP contribution in [0.25, 0.3) is 16.6 Å². The van der Waals surface area contributed by atoms with Crippen LogP contribution in [-0.2, 0) is 16.0 Å². The number of rotatable bonds is 5. The van der Waals surface area contributed by atoms with Crippen molar-refractivity contribution in [1.29, 1.82) is 0 Å². The monoisotopic (exact) mass is 437 g/mol. The van der Waals surface area contributed by atoms with Crippen molar-refractivity contribution in [3.8, 4) is 11.4 Å². The molecule has 0 spiro atoms. The summed E-state index contributed by atoms with van der Waals surface area (Å²) in [7, 11) is 0. The minimum absolute atomic E-state index is 0.210. The summed E-state index contributed by atoms with van der Waals surface area (Å²) < 4.78 is 21.9. The molecule has 2 aromatic carbocycles. The van der Waals surface area contributed by atoms with E-state index in [4.69, 9.17) is 4.74 Å². The van der Waals surface area contributed by atoms with Crippen LogP contribution in [0.4, 0.5) is 4.39 Å². The molecule has 1 aromatic heterocycles. The second-order valence-electron chi connectivity index (χ2n) is 9.30. The highest BCUT2D eigenvalue weighted by atomic mass is 19.1. The van der Waals surface area contributed by atoms with Gasteiger partial charge in [0.15, 0.2) is 0 Å². The molecule has 2 heterocycles. The van der Waals surface area contributed by atoms with E-state index in [-0.39, 0.29) is 23.4 Å². The second kappa shape index (κ2) is 8.24. The summed E-state index contributed by atoms with van der Waals surface area (Å²) in [6.07, 6.45) is 3.95. The molecular formula is C26H28FNO4. The van der Waals surface area contributed by atoms with E-state index in [2.05, 4.69) is 4.57 Å². The Morgan fingerprint density at radius 3 is 2.59 bits per heavy atom. The van der Waals surface area contributed by atoms with Gasteiger partial charge in [0.05, 0.1) is 11.4 Å². The maximum Gasteiger partial charge on any atom is 0.306 e. The lowest BCUT2D eigenvalue weighted by atomic mass is 9.71. The van der Waals surface area contributed by atoms with Crippen molar-refractivity contribution in [3.63, 3.8) is 0 Å². The van der Waals surface area contributed by atoms with Gasteiger partial charge in [-0.25, -0.2) is 4.39 Å². The van der Waals surface area contributed by atoms with Gasteiger partial charge < -0.3 is 19.5 Å². The van der Waals surface area contributed by atoms with Crippen LogP contribution in [0, 0.1) is 24.6 Å². The average Bonchev–Trinajstić information content (AvgIpc) is 3.06. The number of nitrogens with zero attached hydrogens (tertiary/aromatic N) is 1. The number of phenolic OH excluding ortho intramolecular Hbond substituents is 1. The number of aromatic nitrogens is 1. The first kappa shape index (κ1) is 21.0. The first-order valence-electron chi connectivity index (χ1n) is 11.4. The largest absolute Gasteiger partial charge is 0.508 e. The zero-order valence-corrected chi connectivity index (χ0v) is 18.2. The maximum atomic E-state index is 14.1. The van der Waals surface area contributed by atoms with Crippen LogP contribution in [0.3, 0.4) is 0 Å². The molecule has 2 fully saturated rings. The fourth-order valence-electron chi connectivity index (χ4n) is 5.42. The fraction of sp³-hybridized carbons (Fsp3) is 0.423. The number of aryl methyl sites for hydroxylation is 1. The predicted octanol–water partition coefficient (Wildman–Crippen LogP) is 5.33. The summed E-state index contributed by atoms with van der Waals surface area (Å²) in [6, 6.07) is 10.6. The highest BCUT2D eigenvalue weighted by Gasteiger charge is 2.36. The third-order valence-corrected chi connectivity index (χ3v) is 7.18. The van der Waals surface area contributed by atoms with Crippen LogP contribution in [0.5, 0.6) is 5.75 Å². The van der Waals surface area contributed by atoms with E-state index in [1.165, 1.54) is 17.3 Å². The Kier molecular flexibility index (Phi) is 5.41. The van der Waals surface area contributed by atoms with Crippen molar-refractivity contribution in [2.45, 2.75) is 44.9 Å². The topological polar surface area (TPSA) is 71.7 Å². The van der Waals surface area contributed by atoms with Crippen LogP contribution < -0.4 is 0 Å². The molecule has 2 N–H and O–H groups in total. The molecule has 1 saturated heterocycles. The average molecular weight is 438 g/mol. The summed E-state index contributed by atoms with van der Waals surface area (Å²) in [4.78, 5) is 11.3. The molecule has 0 bridgehead atoms. The number of ether oxygens (including phenoxy) is 1. The number of carboxylic acids is 1. The number of phenols is 1. The van der Waals surface area contributed by atoms with Crippen molar-refractivity contribution >= 4 is 16.9 Å². The van der Waals surface area contributed by atoms with E-state index in [0.717, 1.165) is 35.9 Å². The Hall–Kier alpha value is -2.86. The Balaban J connectivity index is 1.68. The number of fused-ring (bicyclic) bond motifs is 1. The molecule has 2 aliphatic rings. The van der Waals surface area contributed by atoms with Gasteiger partial charge in [-0.1, -0.05) is 0 Å². The number of halogens is 1. The quantitative estimate of drug-likeness (QED) is 0.566. The van der Waals surface area contributed by atoms with E-state index < -0.39 is 5.97 Å². The second-order valence-corrected chi connectivity index (χ2v) is 9.30. The summed E-state index contributed by atoms with van der Waals surface area (Å²) in [5.74, 6) is -0.396. The molecule has 0 unspecified atom stereocenters. The SMILES string of the molecule is Cc1cc(-n2c(C3CCOCC3)c(C[C@H]3C[C@@H](C(=O)O)C3)c3cc(O)ccc32)ccc1F. The van der Waals surface area contributed by atoms with Gasteiger partial charge >= 0.3 is 5.97 Å². The Labute approximate surface area is 186 Å². The third kappa shape index (κ3) is 3.66. The van der Waals surface area contributed by atoms with Gasteiger partial charge in [0.1, 0.15) is 11.6 Å². The number of benzene rings is 2. The first-order valence-corrected chi connectivity index (χ1v) is 11.4. The first-order chi connectivity index (χ1) is 15.4. The molecule has 5 nitrogen and oxygen atoms in total. The summed E-state index contributed by atoms with van der Waals surface area (Å²) in [5.41, 5.74) is 4.85. The van der Waals surface area contributed by atoms with Crippen LogP contribution in [0.2, 0.25) is 0 Å². The smallest absolute Gasteiger partial charge is 0.306 e. The fourth-order valence-corrected chi connectivity index (χ4v) is 5.42. The standard InChI is InChI=1S/C26H28FNO4/c1-15-10-19(2-4-23(15)27)28-24-5-3-20(29)14-21(24)22(13-16-11-18(12-16)26(30)31)25(28)17-6-8-32-9-7-17/h2-5,10,14,16-18,29H,6-9,11-13H2,1H3,(H,30,31)/t16-,18+. The Bertz CT molecular complexity index is 1170. The molecule has 32 heavy (non-hydrogen) atoms. The van der Waals surface area contributed by atoms with E-state index in [9.17, 15) is 19.4 Å². The number of carbonyl (C=O) groups is 1. The van der Waals surface area contributed by atoms with Gasteiger partial charge in [-0.05, 0) is 92.5 Å². The van der Waals surface area contributed by atoms with Gasteiger partial charge in [0.25, 0.3) is 0 Å². The summed E-state index contributed by atoms with van der Waals surface area (Å²) >= 11 is 0. The van der Waals surface area contributed by atoms with Gasteiger partial charge in [-0.3, -0.25) is 4.79 Å². The van der Waals surface area contributed by atoms with E-state index in [1.54, 1.807) is 13.0 Å². The zero-order valence-electron chi connectivity index (χ0n) is 18.2. The van der Waals surface area contributed by atoms with Gasteiger partial charge in [-0.15, -0.1) is 0 Å². The lowest BCUT2D eigenvalue weighted by Gasteiger charge is -2.33. The van der Waals surface area contributed by atoms with Crippen molar-refractivity contribution in [3.05, 3.63) is 59.0 Å². The lowest BCUT2D eigenvalue weighted by molar-refractivity contribution is -0.146. The minimum atomic E-state index is -0.715. The molecular weight excluding hydrogens is 409 g/mol. The van der Waals surface area contributed by atoms with Gasteiger partial charge in [0.2, 0.25) is 0 Å². The van der Waals surface area contributed by atoms with Gasteiger partial charge in [-0.2, -0.15) is 0 Å². The van der Waals surface area contributed by atoms with Crippen LogP contribution in [0.1, 0.15) is 48.4 Å². The lowest BCUT2D eigenvalue weighted by Crippen LogP contribution is -2.31. The van der Waals surface area contributed by atoms with Crippen molar-refractivity contribution in [1.82, 2.24) is 4.57 Å². The molecule has 0 radical (unpaired) electrons. The van der Waals surface area contributed by atoms with Gasteiger partial charge in [0, 0.05) is 35.9 Å². The molecule has 0 amide bonds. The van der Waals surface area contributed by atoms with Crippen molar-refractivity contribution < 1.29 is 24.1 Å². The molecule has 1 aliphatic carbocycles. The zero-order chi connectivity index (χ0) is 22.4. The summed E-state index contributed by atoms with van der Waals surface area (Å²) in [5, 5.41) is 20.6. The normalized spacial score (nSPS) is 21.6. The van der Waals surface area contributed by atoms with E-state index in [0.29, 0.717) is 37.5 Å². The number of aromatic hydroxyl groups is 1. The Morgan fingerprint density at radius 1 is 1.16 bits per heavy atom. The van der Waals surface area contributed by atoms with Crippen LogP contribution >= 0.6 is 0 Å². The molecule has 168 valence electrons. The molecule has 1 aliphatic heterocycles. The number of hydrogen-bond acceptors (Lipinski definition) is 3. The third-order valence-electron chi connectivity index (χ3n) is 7.18. The molecule has 0 atom stereocenters. The summed E-state index contributed by atoms with van der Waals surface area (Å²) in [6.45, 7) is 3.17. The molecule has 5 rings (SSSR count). The maximum absolute atomic E-state index is 14.1. The molecule has 1 saturated carbocycles. The highest BCUT2D eigenvalue weighted by Crippen LogP contribution is 2.44. The van der Waals surface area contributed by atoms with Crippen molar-refractivity contribution in [2.75, 3.05) is 13.2 Å². The highest BCUT2D eigenvalue weighted by molar-refractivity contribution is 5.89. The van der Waals surface area contributed by atoms with E-state index >= 15 is 0 Å². The predicted molar refractivity (Wildman–Crippen MR) is 120 cm³/mol.